The van der Waals surface area contributed by atoms with Crippen molar-refractivity contribution in [2.45, 2.75) is 0 Å². The predicted molar refractivity (Wildman–Crippen MR) is 86.3 cm³/mol. The minimum Gasteiger partial charge on any atom is -0.495 e. The molecular formula is C16H12N2O4S. The molecule has 1 aromatic heterocycles. The highest BCUT2D eigenvalue weighted by Crippen LogP contribution is 2.30. The van der Waals surface area contributed by atoms with Gasteiger partial charge in [0, 0.05) is 4.88 Å². The molecule has 2 aromatic rings. The van der Waals surface area contributed by atoms with Crippen LogP contribution in [0.1, 0.15) is 4.88 Å². The predicted octanol–water partition coefficient (Wildman–Crippen LogP) is 2.42. The lowest BCUT2D eigenvalue weighted by Gasteiger charge is -2.27. The third-order valence-corrected chi connectivity index (χ3v) is 4.08. The van der Waals surface area contributed by atoms with Gasteiger partial charge in [-0.2, -0.15) is 0 Å². The molecule has 0 aliphatic carbocycles. The molecule has 1 saturated heterocycles. The highest BCUT2D eigenvalue weighted by Gasteiger charge is 2.38. The van der Waals surface area contributed by atoms with Gasteiger partial charge in [0.15, 0.2) is 0 Å². The van der Waals surface area contributed by atoms with E-state index in [-0.39, 0.29) is 11.3 Å². The molecule has 6 nitrogen and oxygen atoms in total. The number of hydrogen-bond acceptors (Lipinski definition) is 5. The summed E-state index contributed by atoms with van der Waals surface area (Å²) in [5, 5.41) is 4.01. The Hall–Kier alpha value is -2.93. The number of nitrogens with zero attached hydrogens (tertiary/aromatic N) is 1. The van der Waals surface area contributed by atoms with E-state index in [0.717, 1.165) is 9.78 Å². The number of imide groups is 2. The van der Waals surface area contributed by atoms with Gasteiger partial charge < -0.3 is 4.74 Å². The van der Waals surface area contributed by atoms with Crippen molar-refractivity contribution in [1.82, 2.24) is 5.32 Å². The van der Waals surface area contributed by atoms with Crippen LogP contribution in [0.2, 0.25) is 0 Å². The second-order valence-electron chi connectivity index (χ2n) is 4.65. The van der Waals surface area contributed by atoms with Gasteiger partial charge >= 0.3 is 6.03 Å². The van der Waals surface area contributed by atoms with E-state index in [1.807, 2.05) is 11.4 Å². The van der Waals surface area contributed by atoms with Crippen molar-refractivity contribution in [2.75, 3.05) is 12.0 Å². The van der Waals surface area contributed by atoms with Gasteiger partial charge in [-0.25, -0.2) is 9.69 Å². The van der Waals surface area contributed by atoms with Gasteiger partial charge in [-0.15, -0.1) is 11.3 Å². The van der Waals surface area contributed by atoms with Crippen LogP contribution >= 0.6 is 11.3 Å². The number of barbiturate groups is 1. The highest BCUT2D eigenvalue weighted by molar-refractivity contribution is 7.10. The molecule has 0 radical (unpaired) electrons. The molecule has 0 saturated carbocycles. The fourth-order valence-electron chi connectivity index (χ4n) is 2.21. The number of thiophene rings is 1. The quantitative estimate of drug-likeness (QED) is 0.693. The molecular weight excluding hydrogens is 316 g/mol. The second kappa shape index (κ2) is 6.05. The zero-order valence-electron chi connectivity index (χ0n) is 12.1. The van der Waals surface area contributed by atoms with E-state index in [2.05, 4.69) is 5.32 Å². The van der Waals surface area contributed by atoms with Crippen molar-refractivity contribution in [1.29, 1.82) is 0 Å². The summed E-state index contributed by atoms with van der Waals surface area (Å²) in [7, 11) is 1.44. The van der Waals surface area contributed by atoms with Crippen LogP contribution in [0.5, 0.6) is 5.75 Å². The molecule has 116 valence electrons. The van der Waals surface area contributed by atoms with Crippen molar-refractivity contribution >= 4 is 40.9 Å². The Bertz CT molecular complexity index is 811. The number of amides is 4. The van der Waals surface area contributed by atoms with Crippen LogP contribution in [0.15, 0.2) is 47.4 Å². The number of rotatable bonds is 3. The number of hydrogen-bond donors (Lipinski definition) is 1. The monoisotopic (exact) mass is 328 g/mol. The first kappa shape index (κ1) is 15.0. The minimum absolute atomic E-state index is 0.0991. The Balaban J connectivity index is 2.05. The largest absolute Gasteiger partial charge is 0.495 e. The van der Waals surface area contributed by atoms with Crippen LogP contribution in [-0.4, -0.2) is 25.0 Å². The molecule has 4 amide bonds. The van der Waals surface area contributed by atoms with Crippen LogP contribution in [0.25, 0.3) is 6.08 Å². The van der Waals surface area contributed by atoms with Crippen molar-refractivity contribution in [3.8, 4) is 5.75 Å². The third kappa shape index (κ3) is 2.74. The fourth-order valence-corrected chi connectivity index (χ4v) is 2.86. The molecule has 2 heterocycles. The molecule has 0 spiro atoms. The van der Waals surface area contributed by atoms with Crippen molar-refractivity contribution in [3.63, 3.8) is 0 Å². The van der Waals surface area contributed by atoms with Gasteiger partial charge in [0.05, 0.1) is 12.8 Å². The molecule has 1 fully saturated rings. The summed E-state index contributed by atoms with van der Waals surface area (Å²) in [4.78, 5) is 38.4. The minimum atomic E-state index is -0.798. The second-order valence-corrected chi connectivity index (χ2v) is 5.62. The number of ether oxygens (including phenoxy) is 1. The van der Waals surface area contributed by atoms with Crippen molar-refractivity contribution < 1.29 is 19.1 Å². The first-order chi connectivity index (χ1) is 11.1. The summed E-state index contributed by atoms with van der Waals surface area (Å²) < 4.78 is 5.19. The van der Waals surface area contributed by atoms with Gasteiger partial charge in [-0.1, -0.05) is 18.2 Å². The number of nitrogens with one attached hydrogen (secondary N) is 1. The van der Waals surface area contributed by atoms with Crippen LogP contribution in [0.4, 0.5) is 10.5 Å². The Morgan fingerprint density at radius 3 is 2.61 bits per heavy atom. The Morgan fingerprint density at radius 1 is 1.13 bits per heavy atom. The smallest absolute Gasteiger partial charge is 0.336 e. The summed E-state index contributed by atoms with van der Waals surface area (Å²) in [5.74, 6) is -1.03. The van der Waals surface area contributed by atoms with Crippen LogP contribution in [0, 0.1) is 0 Å². The molecule has 0 atom stereocenters. The van der Waals surface area contributed by atoms with E-state index in [1.54, 1.807) is 30.3 Å². The number of benzene rings is 1. The van der Waals surface area contributed by atoms with Gasteiger partial charge in [-0.3, -0.25) is 14.9 Å². The third-order valence-electron chi connectivity index (χ3n) is 3.26. The molecule has 23 heavy (non-hydrogen) atoms. The van der Waals surface area contributed by atoms with E-state index in [1.165, 1.54) is 24.5 Å². The van der Waals surface area contributed by atoms with E-state index >= 15 is 0 Å². The van der Waals surface area contributed by atoms with Crippen molar-refractivity contribution in [3.05, 3.63) is 52.2 Å². The number of anilines is 1. The van der Waals surface area contributed by atoms with Crippen LogP contribution in [0.3, 0.4) is 0 Å². The lowest BCUT2D eigenvalue weighted by atomic mass is 10.1. The lowest BCUT2D eigenvalue weighted by molar-refractivity contribution is -0.122. The molecule has 1 N–H and O–H groups in total. The van der Waals surface area contributed by atoms with Gasteiger partial charge in [-0.05, 0) is 29.7 Å². The van der Waals surface area contributed by atoms with Gasteiger partial charge in [0.25, 0.3) is 11.8 Å². The first-order valence-electron chi connectivity index (χ1n) is 6.70. The zero-order valence-corrected chi connectivity index (χ0v) is 12.9. The summed E-state index contributed by atoms with van der Waals surface area (Å²) in [6.07, 6.45) is 1.47. The molecule has 0 bridgehead atoms. The SMILES string of the molecule is COc1ccccc1N1C(=O)NC(=O)/C(=C\c2cccs2)C1=O. The van der Waals surface area contributed by atoms with Gasteiger partial charge in [0.1, 0.15) is 11.3 Å². The topological polar surface area (TPSA) is 75.7 Å². The number of methoxy groups -OCH3 is 1. The van der Waals surface area contributed by atoms with E-state index in [0.29, 0.717) is 5.75 Å². The van der Waals surface area contributed by atoms with Crippen molar-refractivity contribution in [2.24, 2.45) is 0 Å². The number of carbonyl (C=O) groups excluding carboxylic acids is 3. The average molecular weight is 328 g/mol. The summed E-state index contributed by atoms with van der Waals surface area (Å²) >= 11 is 1.39. The molecule has 7 heteroatoms. The summed E-state index contributed by atoms with van der Waals surface area (Å²) in [5.41, 5.74) is 0.181. The lowest BCUT2D eigenvalue weighted by Crippen LogP contribution is -2.54. The van der Waals surface area contributed by atoms with E-state index < -0.39 is 17.8 Å². The normalized spacial score (nSPS) is 16.7. The maximum atomic E-state index is 12.7. The molecule has 3 rings (SSSR count). The Morgan fingerprint density at radius 2 is 1.91 bits per heavy atom. The van der Waals surface area contributed by atoms with Crippen LogP contribution < -0.4 is 15.0 Å². The number of carbonyl (C=O) groups is 3. The van der Waals surface area contributed by atoms with E-state index in [9.17, 15) is 14.4 Å². The maximum absolute atomic E-state index is 12.7. The molecule has 1 aliphatic heterocycles. The summed E-state index contributed by atoms with van der Waals surface area (Å²) in [6.45, 7) is 0. The van der Waals surface area contributed by atoms with Gasteiger partial charge in [0.2, 0.25) is 0 Å². The standard InChI is InChI=1S/C16H12N2O4S/c1-22-13-7-3-2-6-12(13)18-15(20)11(14(19)17-16(18)21)9-10-5-4-8-23-10/h2-9H,1H3,(H,17,19,21)/b11-9+. The number of para-hydroxylation sites is 2. The fraction of sp³-hybridized carbons (Fsp3) is 0.0625. The average Bonchev–Trinajstić information content (AvgIpc) is 3.05. The Kier molecular flexibility index (Phi) is 3.94. The molecule has 0 unspecified atom stereocenters. The molecule has 1 aromatic carbocycles. The number of urea groups is 1. The summed E-state index contributed by atoms with van der Waals surface area (Å²) in [6, 6.07) is 9.41. The highest BCUT2D eigenvalue weighted by atomic mass is 32.1. The molecule has 1 aliphatic rings. The van der Waals surface area contributed by atoms with Crippen LogP contribution in [-0.2, 0) is 9.59 Å². The zero-order chi connectivity index (χ0) is 16.4. The first-order valence-corrected chi connectivity index (χ1v) is 7.58. The van der Waals surface area contributed by atoms with E-state index in [4.69, 9.17) is 4.74 Å². The Labute approximate surface area is 136 Å². The maximum Gasteiger partial charge on any atom is 0.336 e.